The first kappa shape index (κ1) is 24.0. The highest BCUT2D eigenvalue weighted by Crippen LogP contribution is 2.30. The third-order valence-corrected chi connectivity index (χ3v) is 4.68. The van der Waals surface area contributed by atoms with Crippen molar-refractivity contribution >= 4 is 23.7 Å². The summed E-state index contributed by atoms with van der Waals surface area (Å²) in [5.74, 6) is -2.08. The maximum atomic E-state index is 12.3. The van der Waals surface area contributed by atoms with Gasteiger partial charge in [0.25, 0.3) is 0 Å². The lowest BCUT2D eigenvalue weighted by atomic mass is 9.98. The molecule has 30 heavy (non-hydrogen) atoms. The Bertz CT molecular complexity index is 658. The predicted molar refractivity (Wildman–Crippen MR) is 99.9 cm³/mol. The smallest absolute Gasteiger partial charge is 0.306 e. The molecule has 0 saturated carbocycles. The van der Waals surface area contributed by atoms with Gasteiger partial charge < -0.3 is 33.6 Å². The van der Waals surface area contributed by atoms with E-state index in [2.05, 4.69) is 0 Å². The van der Waals surface area contributed by atoms with Crippen LogP contribution in [0.2, 0.25) is 0 Å². The molecule has 10 heteroatoms. The molecule has 1 N–H and O–H groups in total. The number of methoxy groups -OCH3 is 1. The van der Waals surface area contributed by atoms with Crippen molar-refractivity contribution in [1.82, 2.24) is 0 Å². The van der Waals surface area contributed by atoms with Gasteiger partial charge >= 0.3 is 17.9 Å². The number of ether oxygens (including phenoxy) is 5. The van der Waals surface area contributed by atoms with E-state index < -0.39 is 55.2 Å². The van der Waals surface area contributed by atoms with Gasteiger partial charge in [0.05, 0.1) is 13.0 Å². The lowest BCUT2D eigenvalue weighted by molar-refractivity contribution is -0.302. The zero-order chi connectivity index (χ0) is 22.1. The van der Waals surface area contributed by atoms with E-state index >= 15 is 0 Å². The minimum absolute atomic E-state index is 0.0153. The second-order valence-electron chi connectivity index (χ2n) is 7.08. The number of carbonyl (C=O) groups excluding carboxylic acids is 4. The average Bonchev–Trinajstić information content (AvgIpc) is 2.70. The number of allylic oxidation sites excluding steroid dienone is 2. The van der Waals surface area contributed by atoms with Gasteiger partial charge in [-0.05, 0) is 19.8 Å². The fraction of sp³-hybridized carbons (Fsp3) is 0.700. The summed E-state index contributed by atoms with van der Waals surface area (Å²) in [6.45, 7) is 0.802. The van der Waals surface area contributed by atoms with Crippen molar-refractivity contribution in [3.8, 4) is 0 Å². The molecule has 0 bridgehead atoms. The van der Waals surface area contributed by atoms with E-state index in [1.807, 2.05) is 0 Å². The Morgan fingerprint density at radius 2 is 1.67 bits per heavy atom. The fourth-order valence-electron chi connectivity index (χ4n) is 3.17. The predicted octanol–water partition coefficient (Wildman–Crippen LogP) is 0.585. The molecule has 0 aromatic carbocycles. The average molecular weight is 428 g/mol. The summed E-state index contributed by atoms with van der Waals surface area (Å²) < 4.78 is 27.2. The molecule has 0 aromatic rings. The normalized spacial score (nSPS) is 30.2. The quantitative estimate of drug-likeness (QED) is 0.364. The summed E-state index contributed by atoms with van der Waals surface area (Å²) in [6.07, 6.45) is -1.58. The number of hydrogen-bond donors (Lipinski definition) is 1. The third-order valence-electron chi connectivity index (χ3n) is 4.68. The molecule has 0 radical (unpaired) electrons. The van der Waals surface area contributed by atoms with Gasteiger partial charge in [-0.2, -0.15) is 0 Å². The topological polar surface area (TPSA) is 135 Å². The molecule has 5 atom stereocenters. The Hall–Kier alpha value is -2.30. The minimum atomic E-state index is -1.25. The van der Waals surface area contributed by atoms with E-state index in [0.717, 1.165) is 0 Å². The molecule has 1 saturated heterocycles. The molecule has 0 aromatic heterocycles. The molecule has 10 nitrogen and oxygen atoms in total. The number of esters is 3. The van der Waals surface area contributed by atoms with Crippen molar-refractivity contribution in [2.24, 2.45) is 0 Å². The molecule has 0 aliphatic carbocycles. The molecule has 2 rings (SSSR count). The van der Waals surface area contributed by atoms with Crippen LogP contribution in [0.4, 0.5) is 0 Å². The Morgan fingerprint density at radius 1 is 1.07 bits per heavy atom. The highest BCUT2D eigenvalue weighted by atomic mass is 16.7. The van der Waals surface area contributed by atoms with Crippen molar-refractivity contribution in [1.29, 1.82) is 0 Å². The molecule has 0 spiro atoms. The van der Waals surface area contributed by atoms with Crippen LogP contribution in [-0.2, 0) is 42.9 Å². The maximum Gasteiger partial charge on any atom is 0.306 e. The second-order valence-corrected chi connectivity index (χ2v) is 7.08. The highest BCUT2D eigenvalue weighted by molar-refractivity contribution is 5.81. The first-order valence-electron chi connectivity index (χ1n) is 9.87. The first-order chi connectivity index (χ1) is 14.3. The molecule has 0 unspecified atom stereocenters. The number of aliphatic hydroxyl groups is 1. The number of aliphatic hydroxyl groups excluding tert-OH is 1. The Balaban J connectivity index is 2.30. The lowest BCUT2D eigenvalue weighted by Crippen LogP contribution is -2.62. The van der Waals surface area contributed by atoms with Crippen LogP contribution < -0.4 is 0 Å². The van der Waals surface area contributed by atoms with Gasteiger partial charge in [0.1, 0.15) is 11.9 Å². The van der Waals surface area contributed by atoms with Crippen LogP contribution in [0.1, 0.15) is 45.4 Å². The van der Waals surface area contributed by atoms with Gasteiger partial charge in [0.15, 0.2) is 24.6 Å². The summed E-state index contributed by atoms with van der Waals surface area (Å²) >= 11 is 0. The van der Waals surface area contributed by atoms with E-state index in [-0.39, 0.29) is 31.5 Å². The molecule has 2 aliphatic heterocycles. The fourth-order valence-corrected chi connectivity index (χ4v) is 3.17. The van der Waals surface area contributed by atoms with Crippen molar-refractivity contribution in [2.45, 2.75) is 76.2 Å². The summed E-state index contributed by atoms with van der Waals surface area (Å²) in [4.78, 5) is 48.0. The van der Waals surface area contributed by atoms with Crippen molar-refractivity contribution in [2.75, 3.05) is 13.7 Å². The summed E-state index contributed by atoms with van der Waals surface area (Å²) in [5.41, 5.74) is 0. The summed E-state index contributed by atoms with van der Waals surface area (Å²) in [6, 6.07) is 0. The zero-order valence-electron chi connectivity index (χ0n) is 17.1. The largest absolute Gasteiger partial charge is 0.455 e. The third kappa shape index (κ3) is 6.89. The molecule has 2 aliphatic rings. The van der Waals surface area contributed by atoms with E-state index in [1.54, 1.807) is 12.2 Å². The number of rotatable bonds is 6. The summed E-state index contributed by atoms with van der Waals surface area (Å²) in [5, 5.41) is 9.73. The van der Waals surface area contributed by atoms with E-state index in [0.29, 0.717) is 12.8 Å². The van der Waals surface area contributed by atoms with Gasteiger partial charge in [-0.15, -0.1) is 0 Å². The van der Waals surface area contributed by atoms with E-state index in [9.17, 15) is 24.3 Å². The Morgan fingerprint density at radius 3 is 2.20 bits per heavy atom. The van der Waals surface area contributed by atoms with Crippen LogP contribution in [0.25, 0.3) is 0 Å². The molecule has 2 heterocycles. The van der Waals surface area contributed by atoms with Gasteiger partial charge in [0.2, 0.25) is 0 Å². The number of hydrogen-bond acceptors (Lipinski definition) is 10. The van der Waals surface area contributed by atoms with Crippen LogP contribution in [0, 0.1) is 0 Å². The van der Waals surface area contributed by atoms with Crippen molar-refractivity contribution in [3.63, 3.8) is 0 Å². The summed E-state index contributed by atoms with van der Waals surface area (Å²) in [7, 11) is 1.30. The Labute approximate surface area is 174 Å². The van der Waals surface area contributed by atoms with Gasteiger partial charge in [-0.1, -0.05) is 12.2 Å². The Kier molecular flexibility index (Phi) is 9.41. The maximum absolute atomic E-state index is 12.3. The van der Waals surface area contributed by atoms with Crippen LogP contribution in [0.15, 0.2) is 12.2 Å². The zero-order valence-corrected chi connectivity index (χ0v) is 17.1. The molecule has 0 amide bonds. The number of carbonyl (C=O) groups is 4. The van der Waals surface area contributed by atoms with E-state index in [4.69, 9.17) is 23.7 Å². The molecular formula is C20H28O10. The highest BCUT2D eigenvalue weighted by Gasteiger charge is 2.52. The van der Waals surface area contributed by atoms with Crippen LogP contribution >= 0.6 is 0 Å². The molecular weight excluding hydrogens is 400 g/mol. The van der Waals surface area contributed by atoms with Crippen LogP contribution in [0.5, 0.6) is 0 Å². The van der Waals surface area contributed by atoms with Gasteiger partial charge in [-0.25, -0.2) is 0 Å². The lowest BCUT2D eigenvalue weighted by Gasteiger charge is -2.43. The van der Waals surface area contributed by atoms with E-state index in [1.165, 1.54) is 14.0 Å². The first-order valence-corrected chi connectivity index (χ1v) is 9.87. The second kappa shape index (κ2) is 11.8. The number of fused-ring (bicyclic) bond motifs is 1. The molecule has 1 fully saturated rings. The SMILES string of the molecule is CO[C@H]1O[C@H](CO)[C@H]2OC(=O)CCC=CCCC(=O)O[C@@H]2[C@H]1OC(=O)CCC(C)=O. The standard InChI is InChI=1S/C20H28O10/c1-12(22)9-10-16(25)30-19-18-17(13(11-21)27-20(19)26-2)28-14(23)7-5-3-4-6-8-15(24)29-18/h3-4,13,17-21H,5-11H2,1-2H3/t13-,17-,18+,19-,20+/m1/s1. The van der Waals surface area contributed by atoms with Crippen LogP contribution in [0.3, 0.4) is 0 Å². The van der Waals surface area contributed by atoms with Crippen molar-refractivity contribution in [3.05, 3.63) is 12.2 Å². The van der Waals surface area contributed by atoms with Gasteiger partial charge in [-0.3, -0.25) is 14.4 Å². The van der Waals surface area contributed by atoms with Crippen molar-refractivity contribution < 1.29 is 48.0 Å². The minimum Gasteiger partial charge on any atom is -0.455 e. The molecule has 168 valence electrons. The number of Topliss-reactive ketones (excluding diaryl/α,β-unsaturated/α-hetero) is 1. The monoisotopic (exact) mass is 428 g/mol. The van der Waals surface area contributed by atoms with Crippen LogP contribution in [-0.4, -0.2) is 73.2 Å². The van der Waals surface area contributed by atoms with Gasteiger partial charge in [0, 0.05) is 26.4 Å². The number of ketones is 1.